The molecule has 0 atom stereocenters. The lowest BCUT2D eigenvalue weighted by Crippen LogP contribution is -2.21. The van der Waals surface area contributed by atoms with Gasteiger partial charge in [0.25, 0.3) is 0 Å². The summed E-state index contributed by atoms with van der Waals surface area (Å²) in [7, 11) is 2.16. The zero-order valence-electron chi connectivity index (χ0n) is 14.3. The van der Waals surface area contributed by atoms with Crippen molar-refractivity contribution in [3.05, 3.63) is 78.2 Å². The number of nitrogens with zero attached hydrogens (tertiary/aromatic N) is 2. The second-order valence-corrected chi connectivity index (χ2v) is 6.33. The molecule has 0 aliphatic heterocycles. The van der Waals surface area contributed by atoms with E-state index < -0.39 is 0 Å². The van der Waals surface area contributed by atoms with Gasteiger partial charge in [-0.15, -0.1) is 0 Å². The summed E-state index contributed by atoms with van der Waals surface area (Å²) >= 11 is 0. The van der Waals surface area contributed by atoms with Crippen molar-refractivity contribution in [1.82, 2.24) is 14.9 Å². The first-order chi connectivity index (χ1) is 12.3. The van der Waals surface area contributed by atoms with Crippen LogP contribution in [0.5, 0.6) is 0 Å². The molecule has 0 spiro atoms. The average molecular weight is 331 g/mol. The van der Waals surface area contributed by atoms with E-state index in [9.17, 15) is 0 Å². The average Bonchev–Trinajstić information content (AvgIpc) is 3.29. The first-order valence-electron chi connectivity index (χ1n) is 8.53. The Labute approximate surface area is 147 Å². The molecule has 1 N–H and O–H groups in total. The molecule has 0 radical (unpaired) electrons. The normalized spacial score (nSPS) is 11.4. The van der Waals surface area contributed by atoms with Crippen molar-refractivity contribution >= 4 is 11.0 Å². The number of furan rings is 1. The van der Waals surface area contributed by atoms with Crippen LogP contribution < -0.4 is 0 Å². The lowest BCUT2D eigenvalue weighted by molar-refractivity contribution is 0.332. The van der Waals surface area contributed by atoms with E-state index in [1.54, 1.807) is 6.26 Å². The molecule has 1 aromatic carbocycles. The van der Waals surface area contributed by atoms with Crippen molar-refractivity contribution in [1.29, 1.82) is 0 Å². The van der Waals surface area contributed by atoms with Gasteiger partial charge >= 0.3 is 0 Å². The van der Waals surface area contributed by atoms with Gasteiger partial charge in [0.2, 0.25) is 0 Å². The standard InChI is InChI=1S/C21H21N3O/c1-24(13-11-16-7-3-2-4-8-16)15-18-17-9-5-12-22-21(17)23-20(18)19-10-6-14-25-19/h2-10,12,14H,11,13,15H2,1H3,(H,22,23). The second-order valence-electron chi connectivity index (χ2n) is 6.33. The molecule has 0 fully saturated rings. The van der Waals surface area contributed by atoms with Crippen molar-refractivity contribution in [2.75, 3.05) is 13.6 Å². The lowest BCUT2D eigenvalue weighted by Gasteiger charge is -2.17. The number of likely N-dealkylation sites (N-methyl/N-ethyl adjacent to an activating group) is 1. The Balaban J connectivity index is 1.58. The van der Waals surface area contributed by atoms with Gasteiger partial charge in [0, 0.05) is 30.2 Å². The number of aromatic nitrogens is 2. The first-order valence-corrected chi connectivity index (χ1v) is 8.53. The van der Waals surface area contributed by atoms with E-state index in [1.807, 2.05) is 24.4 Å². The van der Waals surface area contributed by atoms with E-state index in [-0.39, 0.29) is 0 Å². The zero-order valence-corrected chi connectivity index (χ0v) is 14.3. The van der Waals surface area contributed by atoms with E-state index >= 15 is 0 Å². The van der Waals surface area contributed by atoms with Crippen molar-refractivity contribution in [2.45, 2.75) is 13.0 Å². The fraction of sp³-hybridized carbons (Fsp3) is 0.190. The molecule has 0 aliphatic rings. The van der Waals surface area contributed by atoms with Crippen LogP contribution >= 0.6 is 0 Å². The number of rotatable bonds is 6. The van der Waals surface area contributed by atoms with E-state index in [0.717, 1.165) is 42.0 Å². The minimum Gasteiger partial charge on any atom is -0.463 e. The molecule has 0 aliphatic carbocycles. The molecule has 3 heterocycles. The molecule has 25 heavy (non-hydrogen) atoms. The highest BCUT2D eigenvalue weighted by molar-refractivity contribution is 5.87. The molecular weight excluding hydrogens is 310 g/mol. The molecule has 4 aromatic rings. The number of fused-ring (bicyclic) bond motifs is 1. The Bertz CT molecular complexity index is 942. The summed E-state index contributed by atoms with van der Waals surface area (Å²) in [4.78, 5) is 10.2. The van der Waals surface area contributed by atoms with Gasteiger partial charge in [0.1, 0.15) is 11.4 Å². The Morgan fingerprint density at radius 3 is 2.72 bits per heavy atom. The van der Waals surface area contributed by atoms with Gasteiger partial charge in [-0.3, -0.25) is 0 Å². The maximum Gasteiger partial charge on any atom is 0.150 e. The number of hydrogen-bond acceptors (Lipinski definition) is 3. The first kappa shape index (κ1) is 15.7. The van der Waals surface area contributed by atoms with E-state index in [2.05, 4.69) is 58.3 Å². The molecular formula is C21H21N3O. The van der Waals surface area contributed by atoms with Crippen LogP contribution in [0.4, 0.5) is 0 Å². The summed E-state index contributed by atoms with van der Waals surface area (Å²) in [5, 5.41) is 1.15. The van der Waals surface area contributed by atoms with Gasteiger partial charge in [0.05, 0.1) is 12.0 Å². The summed E-state index contributed by atoms with van der Waals surface area (Å²) < 4.78 is 5.62. The smallest absolute Gasteiger partial charge is 0.150 e. The number of aromatic amines is 1. The van der Waals surface area contributed by atoms with Gasteiger partial charge in [0.15, 0.2) is 0 Å². The topological polar surface area (TPSA) is 45.1 Å². The number of pyridine rings is 1. The lowest BCUT2D eigenvalue weighted by atomic mass is 10.1. The third-order valence-corrected chi connectivity index (χ3v) is 4.50. The molecule has 0 saturated carbocycles. The largest absolute Gasteiger partial charge is 0.463 e. The van der Waals surface area contributed by atoms with Crippen molar-refractivity contribution in [3.63, 3.8) is 0 Å². The molecule has 0 saturated heterocycles. The zero-order chi connectivity index (χ0) is 17.1. The van der Waals surface area contributed by atoms with Crippen molar-refractivity contribution < 1.29 is 4.42 Å². The van der Waals surface area contributed by atoms with Gasteiger partial charge in [-0.2, -0.15) is 0 Å². The molecule has 0 bridgehead atoms. The summed E-state index contributed by atoms with van der Waals surface area (Å²) in [6.45, 7) is 1.84. The van der Waals surface area contributed by atoms with Crippen molar-refractivity contribution in [3.8, 4) is 11.5 Å². The van der Waals surface area contributed by atoms with Crippen LogP contribution in [0.2, 0.25) is 0 Å². The highest BCUT2D eigenvalue weighted by Gasteiger charge is 2.17. The molecule has 3 aromatic heterocycles. The van der Waals surface area contributed by atoms with Crippen LogP contribution in [0.3, 0.4) is 0 Å². The van der Waals surface area contributed by atoms with Gasteiger partial charge in [-0.25, -0.2) is 4.98 Å². The number of nitrogens with one attached hydrogen (secondary N) is 1. The molecule has 4 heteroatoms. The number of H-pyrrole nitrogens is 1. The van der Waals surface area contributed by atoms with Gasteiger partial charge < -0.3 is 14.3 Å². The van der Waals surface area contributed by atoms with Crippen LogP contribution in [-0.2, 0) is 13.0 Å². The fourth-order valence-electron chi connectivity index (χ4n) is 3.19. The quantitative estimate of drug-likeness (QED) is 0.566. The second kappa shape index (κ2) is 6.95. The Morgan fingerprint density at radius 2 is 1.92 bits per heavy atom. The monoisotopic (exact) mass is 331 g/mol. The maximum absolute atomic E-state index is 5.62. The van der Waals surface area contributed by atoms with Crippen LogP contribution in [0.1, 0.15) is 11.1 Å². The van der Waals surface area contributed by atoms with Crippen LogP contribution in [0.25, 0.3) is 22.5 Å². The Morgan fingerprint density at radius 1 is 1.04 bits per heavy atom. The molecule has 126 valence electrons. The third kappa shape index (κ3) is 3.35. The highest BCUT2D eigenvalue weighted by Crippen LogP contribution is 2.30. The SMILES string of the molecule is CN(CCc1ccccc1)Cc1c(-c2ccco2)[nH]c2ncccc12. The minimum atomic E-state index is 0.842. The molecule has 0 unspecified atom stereocenters. The van der Waals surface area contributed by atoms with E-state index in [4.69, 9.17) is 4.42 Å². The molecule has 4 rings (SSSR count). The Kier molecular flexibility index (Phi) is 4.36. The van der Waals surface area contributed by atoms with Crippen LogP contribution in [0, 0.1) is 0 Å². The van der Waals surface area contributed by atoms with Crippen LogP contribution in [0.15, 0.2) is 71.5 Å². The fourth-order valence-corrected chi connectivity index (χ4v) is 3.19. The highest BCUT2D eigenvalue weighted by atomic mass is 16.3. The third-order valence-electron chi connectivity index (χ3n) is 4.50. The summed E-state index contributed by atoms with van der Waals surface area (Å²) in [5.41, 5.74) is 4.51. The van der Waals surface area contributed by atoms with E-state index in [0.29, 0.717) is 0 Å². The maximum atomic E-state index is 5.62. The van der Waals surface area contributed by atoms with Gasteiger partial charge in [-0.1, -0.05) is 30.3 Å². The summed E-state index contributed by atoms with van der Waals surface area (Å²) in [5.74, 6) is 0.851. The summed E-state index contributed by atoms with van der Waals surface area (Å²) in [6.07, 6.45) is 4.55. The van der Waals surface area contributed by atoms with Crippen LogP contribution in [-0.4, -0.2) is 28.5 Å². The predicted molar refractivity (Wildman–Crippen MR) is 100 cm³/mol. The van der Waals surface area contributed by atoms with Crippen molar-refractivity contribution in [2.24, 2.45) is 0 Å². The minimum absolute atomic E-state index is 0.842. The number of benzene rings is 1. The Hall–Kier alpha value is -2.85. The predicted octanol–water partition coefficient (Wildman–Crippen LogP) is 4.50. The van der Waals surface area contributed by atoms with Gasteiger partial charge in [-0.05, 0) is 43.3 Å². The summed E-state index contributed by atoms with van der Waals surface area (Å²) in [6, 6.07) is 18.6. The van der Waals surface area contributed by atoms with E-state index in [1.165, 1.54) is 11.1 Å². The molecule has 4 nitrogen and oxygen atoms in total. The number of hydrogen-bond donors (Lipinski definition) is 1. The molecule has 0 amide bonds.